The quantitative estimate of drug-likeness (QED) is 0.778. The number of sulfonamides is 1. The van der Waals surface area contributed by atoms with Crippen LogP contribution in [0.25, 0.3) is 0 Å². The van der Waals surface area contributed by atoms with Gasteiger partial charge in [0, 0.05) is 11.6 Å². The van der Waals surface area contributed by atoms with E-state index in [0.29, 0.717) is 17.1 Å². The lowest BCUT2D eigenvalue weighted by molar-refractivity contribution is 0.575. The van der Waals surface area contributed by atoms with Gasteiger partial charge in [0.25, 0.3) is 0 Å². The van der Waals surface area contributed by atoms with Crippen LogP contribution in [-0.2, 0) is 15.8 Å². The van der Waals surface area contributed by atoms with E-state index in [1.54, 1.807) is 24.3 Å². The van der Waals surface area contributed by atoms with Crippen LogP contribution in [0, 0.1) is 0 Å². The van der Waals surface area contributed by atoms with Crippen LogP contribution in [0.2, 0.25) is 5.02 Å². The molecule has 96 valence electrons. The molecule has 0 bridgehead atoms. The van der Waals surface area contributed by atoms with Crippen LogP contribution < -0.4 is 4.72 Å². The van der Waals surface area contributed by atoms with Gasteiger partial charge in [-0.05, 0) is 18.1 Å². The molecule has 1 aromatic rings. The third kappa shape index (κ3) is 5.52. The first-order chi connectivity index (χ1) is 8.05. The average molecular weight is 276 g/mol. The van der Waals surface area contributed by atoms with Crippen LogP contribution in [0.15, 0.2) is 24.3 Å². The van der Waals surface area contributed by atoms with Gasteiger partial charge in [0.1, 0.15) is 0 Å². The van der Waals surface area contributed by atoms with Crippen LogP contribution in [0.5, 0.6) is 0 Å². The number of benzene rings is 1. The predicted octanol–water partition coefficient (Wildman–Crippen LogP) is 2.95. The van der Waals surface area contributed by atoms with Gasteiger partial charge in [-0.2, -0.15) is 0 Å². The number of unbranched alkanes of at least 4 members (excludes halogenated alkanes) is 2. The normalized spacial score (nSPS) is 11.6. The Morgan fingerprint density at radius 1 is 1.24 bits per heavy atom. The van der Waals surface area contributed by atoms with E-state index in [2.05, 4.69) is 11.6 Å². The molecule has 0 aliphatic rings. The molecule has 0 heterocycles. The molecular weight excluding hydrogens is 258 g/mol. The summed E-state index contributed by atoms with van der Waals surface area (Å²) in [5.41, 5.74) is 0.636. The highest BCUT2D eigenvalue weighted by Gasteiger charge is 2.12. The van der Waals surface area contributed by atoms with Crippen molar-refractivity contribution in [2.45, 2.75) is 31.9 Å². The van der Waals surface area contributed by atoms with Gasteiger partial charge in [-0.1, -0.05) is 49.6 Å². The van der Waals surface area contributed by atoms with Crippen LogP contribution in [-0.4, -0.2) is 15.0 Å². The Bertz CT molecular complexity index is 446. The van der Waals surface area contributed by atoms with Crippen molar-refractivity contribution < 1.29 is 8.42 Å². The first kappa shape index (κ1) is 14.5. The number of halogens is 1. The zero-order chi connectivity index (χ0) is 12.7. The van der Waals surface area contributed by atoms with Gasteiger partial charge in [0.15, 0.2) is 0 Å². The molecule has 0 aliphatic heterocycles. The topological polar surface area (TPSA) is 46.2 Å². The summed E-state index contributed by atoms with van der Waals surface area (Å²) in [7, 11) is -3.27. The van der Waals surface area contributed by atoms with E-state index in [9.17, 15) is 8.42 Å². The van der Waals surface area contributed by atoms with Crippen molar-refractivity contribution in [1.29, 1.82) is 0 Å². The van der Waals surface area contributed by atoms with Gasteiger partial charge in [0.2, 0.25) is 10.0 Å². The van der Waals surface area contributed by atoms with E-state index in [-0.39, 0.29) is 5.75 Å². The van der Waals surface area contributed by atoms with E-state index in [4.69, 9.17) is 11.6 Å². The van der Waals surface area contributed by atoms with Crippen LogP contribution in [0.1, 0.15) is 31.7 Å². The summed E-state index contributed by atoms with van der Waals surface area (Å²) in [6.45, 7) is 2.58. The van der Waals surface area contributed by atoms with E-state index < -0.39 is 10.0 Å². The summed E-state index contributed by atoms with van der Waals surface area (Å²) >= 11 is 5.92. The Morgan fingerprint density at radius 2 is 1.94 bits per heavy atom. The molecule has 0 saturated heterocycles. The fraction of sp³-hybridized carbons (Fsp3) is 0.500. The van der Waals surface area contributed by atoms with Gasteiger partial charge in [-0.15, -0.1) is 0 Å². The highest BCUT2D eigenvalue weighted by Crippen LogP contribution is 2.17. The van der Waals surface area contributed by atoms with Gasteiger partial charge >= 0.3 is 0 Å². The second-order valence-corrected chi connectivity index (χ2v) is 6.17. The van der Waals surface area contributed by atoms with Crippen molar-refractivity contribution in [1.82, 2.24) is 4.72 Å². The molecule has 0 fully saturated rings. The van der Waals surface area contributed by atoms with Crippen LogP contribution in [0.3, 0.4) is 0 Å². The maximum atomic E-state index is 11.7. The Hall–Kier alpha value is -0.580. The zero-order valence-corrected chi connectivity index (χ0v) is 11.5. The van der Waals surface area contributed by atoms with Crippen molar-refractivity contribution in [2.24, 2.45) is 0 Å². The van der Waals surface area contributed by atoms with Gasteiger partial charge in [0.05, 0.1) is 5.75 Å². The molecular formula is C12H18ClNO2S. The standard InChI is InChI=1S/C12H18ClNO2S/c1-2-3-6-9-14-17(15,16)10-11-7-4-5-8-12(11)13/h4-5,7-8,14H,2-3,6,9-10H2,1H3. The van der Waals surface area contributed by atoms with E-state index in [1.165, 1.54) is 0 Å². The minimum atomic E-state index is -3.27. The molecule has 1 aromatic carbocycles. The Morgan fingerprint density at radius 3 is 2.59 bits per heavy atom. The number of hydrogen-bond acceptors (Lipinski definition) is 2. The molecule has 0 amide bonds. The van der Waals surface area contributed by atoms with Crippen LogP contribution in [0.4, 0.5) is 0 Å². The third-order valence-corrected chi connectivity index (χ3v) is 4.11. The molecule has 3 nitrogen and oxygen atoms in total. The first-order valence-corrected chi connectivity index (χ1v) is 7.79. The van der Waals surface area contributed by atoms with Crippen molar-refractivity contribution in [2.75, 3.05) is 6.54 Å². The largest absolute Gasteiger partial charge is 0.215 e. The van der Waals surface area contributed by atoms with E-state index in [0.717, 1.165) is 19.3 Å². The Balaban J connectivity index is 2.52. The molecule has 1 rings (SSSR count). The van der Waals surface area contributed by atoms with Gasteiger partial charge in [-0.3, -0.25) is 0 Å². The van der Waals surface area contributed by atoms with Crippen molar-refractivity contribution in [3.8, 4) is 0 Å². The molecule has 0 radical (unpaired) electrons. The molecule has 0 unspecified atom stereocenters. The number of hydrogen-bond donors (Lipinski definition) is 1. The fourth-order valence-corrected chi connectivity index (χ4v) is 2.97. The SMILES string of the molecule is CCCCCNS(=O)(=O)Cc1ccccc1Cl. The molecule has 17 heavy (non-hydrogen) atoms. The summed E-state index contributed by atoms with van der Waals surface area (Å²) in [5.74, 6) is -0.0567. The highest BCUT2D eigenvalue weighted by molar-refractivity contribution is 7.88. The molecule has 1 N–H and O–H groups in total. The maximum absolute atomic E-state index is 11.7. The maximum Gasteiger partial charge on any atom is 0.215 e. The summed E-state index contributed by atoms with van der Waals surface area (Å²) in [4.78, 5) is 0. The smallest absolute Gasteiger partial charge is 0.215 e. The Kier molecular flexibility index (Phi) is 5.95. The molecule has 0 spiro atoms. The molecule has 0 aromatic heterocycles. The lowest BCUT2D eigenvalue weighted by Gasteiger charge is -2.07. The lowest BCUT2D eigenvalue weighted by Crippen LogP contribution is -2.26. The minimum absolute atomic E-state index is 0.0567. The molecule has 5 heteroatoms. The van der Waals surface area contributed by atoms with Crippen LogP contribution >= 0.6 is 11.6 Å². The number of rotatable bonds is 7. The summed E-state index contributed by atoms with van der Waals surface area (Å²) in [6, 6.07) is 7.00. The zero-order valence-electron chi connectivity index (χ0n) is 9.95. The third-order valence-electron chi connectivity index (χ3n) is 2.41. The van der Waals surface area contributed by atoms with Gasteiger partial charge in [-0.25, -0.2) is 13.1 Å². The second-order valence-electron chi connectivity index (χ2n) is 3.95. The summed E-state index contributed by atoms with van der Waals surface area (Å²) in [6.07, 6.45) is 2.99. The van der Waals surface area contributed by atoms with E-state index >= 15 is 0 Å². The van der Waals surface area contributed by atoms with E-state index in [1.807, 2.05) is 0 Å². The van der Waals surface area contributed by atoms with Gasteiger partial charge < -0.3 is 0 Å². The monoisotopic (exact) mass is 275 g/mol. The molecule has 0 atom stereocenters. The van der Waals surface area contributed by atoms with Crippen molar-refractivity contribution in [3.63, 3.8) is 0 Å². The highest BCUT2D eigenvalue weighted by atomic mass is 35.5. The molecule has 0 saturated carbocycles. The first-order valence-electron chi connectivity index (χ1n) is 5.76. The van der Waals surface area contributed by atoms with Crippen molar-refractivity contribution >= 4 is 21.6 Å². The average Bonchev–Trinajstić information content (AvgIpc) is 2.28. The number of nitrogens with one attached hydrogen (secondary N) is 1. The summed E-state index contributed by atoms with van der Waals surface area (Å²) in [5, 5.41) is 0.492. The lowest BCUT2D eigenvalue weighted by atomic mass is 10.2. The Labute approximate surface area is 108 Å². The molecule has 0 aliphatic carbocycles. The fourth-order valence-electron chi connectivity index (χ4n) is 1.47. The second kappa shape index (κ2) is 6.99. The minimum Gasteiger partial charge on any atom is -0.215 e. The van der Waals surface area contributed by atoms with Crippen molar-refractivity contribution in [3.05, 3.63) is 34.9 Å². The summed E-state index contributed by atoms with van der Waals surface area (Å²) < 4.78 is 26.1. The predicted molar refractivity (Wildman–Crippen MR) is 71.6 cm³/mol.